The van der Waals surface area contributed by atoms with Gasteiger partial charge >= 0.3 is 6.03 Å². The molecule has 10 nitrogen and oxygen atoms in total. The quantitative estimate of drug-likeness (QED) is 0.561. The SMILES string of the molecule is CNc1cc(Nc2cccc3c2OCCO3)nc2c(NC(N)=O)cnn12. The maximum Gasteiger partial charge on any atom is 0.316 e. The van der Waals surface area contributed by atoms with Gasteiger partial charge < -0.3 is 31.2 Å². The smallest absolute Gasteiger partial charge is 0.316 e. The summed E-state index contributed by atoms with van der Waals surface area (Å²) in [7, 11) is 1.77. The molecule has 0 radical (unpaired) electrons. The number of nitrogens with two attached hydrogens (primary N) is 1. The predicted octanol–water partition coefficient (Wildman–Crippen LogP) is 1.78. The summed E-state index contributed by atoms with van der Waals surface area (Å²) >= 11 is 0. The van der Waals surface area contributed by atoms with Gasteiger partial charge in [-0.15, -0.1) is 0 Å². The lowest BCUT2D eigenvalue weighted by Crippen LogP contribution is -2.19. The van der Waals surface area contributed by atoms with Crippen molar-refractivity contribution in [1.82, 2.24) is 14.6 Å². The average molecular weight is 355 g/mol. The number of amides is 2. The van der Waals surface area contributed by atoms with Gasteiger partial charge in [-0.1, -0.05) is 6.07 Å². The molecule has 0 fully saturated rings. The minimum Gasteiger partial charge on any atom is -0.486 e. The Bertz CT molecular complexity index is 985. The number of nitrogens with zero attached hydrogens (tertiary/aromatic N) is 3. The number of ether oxygens (including phenoxy) is 2. The Hall–Kier alpha value is -3.69. The fraction of sp³-hybridized carbons (Fsp3) is 0.188. The molecule has 3 aromatic rings. The van der Waals surface area contributed by atoms with Crippen molar-refractivity contribution in [3.05, 3.63) is 30.5 Å². The van der Waals surface area contributed by atoms with Crippen molar-refractivity contribution in [2.45, 2.75) is 0 Å². The minimum atomic E-state index is -0.686. The second kappa shape index (κ2) is 6.31. The van der Waals surface area contributed by atoms with Crippen LogP contribution in [0.2, 0.25) is 0 Å². The van der Waals surface area contributed by atoms with Crippen LogP contribution >= 0.6 is 0 Å². The highest BCUT2D eigenvalue weighted by Gasteiger charge is 2.17. The van der Waals surface area contributed by atoms with E-state index in [1.54, 1.807) is 17.6 Å². The van der Waals surface area contributed by atoms with Gasteiger partial charge in [0.1, 0.15) is 30.5 Å². The molecule has 1 aliphatic rings. The zero-order valence-corrected chi connectivity index (χ0v) is 13.9. The molecule has 0 unspecified atom stereocenters. The van der Waals surface area contributed by atoms with Crippen LogP contribution in [-0.2, 0) is 0 Å². The summed E-state index contributed by atoms with van der Waals surface area (Å²) < 4.78 is 12.9. The molecule has 2 aromatic heterocycles. The summed E-state index contributed by atoms with van der Waals surface area (Å²) in [6, 6.07) is 6.69. The molecule has 4 rings (SSSR count). The Labute approximate surface area is 148 Å². The first-order valence-electron chi connectivity index (χ1n) is 7.94. The molecule has 1 aromatic carbocycles. The molecule has 0 saturated heterocycles. The van der Waals surface area contributed by atoms with Crippen molar-refractivity contribution >= 4 is 34.7 Å². The zero-order valence-electron chi connectivity index (χ0n) is 13.9. The van der Waals surface area contributed by atoms with E-state index in [1.165, 1.54) is 6.20 Å². The molecule has 0 saturated carbocycles. The van der Waals surface area contributed by atoms with E-state index in [4.69, 9.17) is 15.2 Å². The lowest BCUT2D eigenvalue weighted by molar-refractivity contribution is 0.172. The maximum atomic E-state index is 11.2. The van der Waals surface area contributed by atoms with Gasteiger partial charge in [0, 0.05) is 13.1 Å². The number of anilines is 4. The van der Waals surface area contributed by atoms with Gasteiger partial charge in [-0.3, -0.25) is 0 Å². The van der Waals surface area contributed by atoms with E-state index in [1.807, 2.05) is 18.2 Å². The number of para-hydroxylation sites is 1. The Morgan fingerprint density at radius 1 is 1.27 bits per heavy atom. The highest BCUT2D eigenvalue weighted by atomic mass is 16.6. The third-order valence-electron chi connectivity index (χ3n) is 3.81. The van der Waals surface area contributed by atoms with E-state index < -0.39 is 6.03 Å². The van der Waals surface area contributed by atoms with E-state index in [9.17, 15) is 4.79 Å². The van der Waals surface area contributed by atoms with Crippen LogP contribution in [-0.4, -0.2) is 40.9 Å². The van der Waals surface area contributed by atoms with Gasteiger partial charge in [0.15, 0.2) is 17.1 Å². The van der Waals surface area contributed by atoms with Gasteiger partial charge in [0.05, 0.1) is 11.9 Å². The Balaban J connectivity index is 1.76. The molecule has 26 heavy (non-hydrogen) atoms. The minimum absolute atomic E-state index is 0.410. The van der Waals surface area contributed by atoms with Crippen LogP contribution in [0.5, 0.6) is 11.5 Å². The molecular formula is C16H17N7O3. The summed E-state index contributed by atoms with van der Waals surface area (Å²) in [6.45, 7) is 0.998. The molecule has 134 valence electrons. The monoisotopic (exact) mass is 355 g/mol. The van der Waals surface area contributed by atoms with Crippen molar-refractivity contribution in [2.24, 2.45) is 5.73 Å². The summed E-state index contributed by atoms with van der Waals surface area (Å²) in [5.74, 6) is 2.53. The van der Waals surface area contributed by atoms with Crippen molar-refractivity contribution in [2.75, 3.05) is 36.2 Å². The van der Waals surface area contributed by atoms with E-state index in [-0.39, 0.29) is 0 Å². The van der Waals surface area contributed by atoms with Crippen molar-refractivity contribution in [3.8, 4) is 11.5 Å². The van der Waals surface area contributed by atoms with Crippen LogP contribution < -0.4 is 31.2 Å². The number of hydrogen-bond donors (Lipinski definition) is 4. The average Bonchev–Trinajstić information content (AvgIpc) is 3.03. The molecule has 0 bridgehead atoms. The van der Waals surface area contributed by atoms with Gasteiger partial charge in [0.25, 0.3) is 0 Å². The van der Waals surface area contributed by atoms with Gasteiger partial charge in [0.2, 0.25) is 0 Å². The third-order valence-corrected chi connectivity index (χ3v) is 3.81. The molecule has 1 aliphatic heterocycles. The normalized spacial score (nSPS) is 12.7. The first-order chi connectivity index (χ1) is 12.7. The number of urea groups is 1. The van der Waals surface area contributed by atoms with Crippen LogP contribution in [0.15, 0.2) is 30.5 Å². The van der Waals surface area contributed by atoms with Crippen LogP contribution in [0.3, 0.4) is 0 Å². The van der Waals surface area contributed by atoms with Crippen molar-refractivity contribution in [1.29, 1.82) is 0 Å². The fourth-order valence-corrected chi connectivity index (χ4v) is 2.74. The highest BCUT2D eigenvalue weighted by molar-refractivity contribution is 5.92. The molecule has 0 atom stereocenters. The summed E-state index contributed by atoms with van der Waals surface area (Å²) in [5.41, 5.74) is 6.79. The van der Waals surface area contributed by atoms with E-state index in [2.05, 4.69) is 26.0 Å². The predicted molar refractivity (Wildman–Crippen MR) is 96.5 cm³/mol. The maximum absolute atomic E-state index is 11.2. The van der Waals surface area contributed by atoms with Crippen LogP contribution in [0.1, 0.15) is 0 Å². The molecule has 0 spiro atoms. The third kappa shape index (κ3) is 2.77. The number of aromatic nitrogens is 3. The number of fused-ring (bicyclic) bond motifs is 2. The van der Waals surface area contributed by atoms with Crippen LogP contribution in [0, 0.1) is 0 Å². The van der Waals surface area contributed by atoms with Gasteiger partial charge in [-0.25, -0.2) is 9.78 Å². The number of primary amides is 1. The van der Waals surface area contributed by atoms with Crippen molar-refractivity contribution in [3.63, 3.8) is 0 Å². The summed E-state index contributed by atoms with van der Waals surface area (Å²) in [6.07, 6.45) is 1.49. The number of hydrogen-bond acceptors (Lipinski definition) is 7. The lowest BCUT2D eigenvalue weighted by Gasteiger charge is -2.21. The first kappa shape index (κ1) is 15.8. The number of carbonyl (C=O) groups excluding carboxylic acids is 1. The number of rotatable bonds is 4. The standard InChI is InChI=1S/C16H17N7O3/c1-18-13-7-12(22-15-10(21-16(17)24)8-19-23(13)15)20-9-3-2-4-11-14(9)26-6-5-25-11/h2-4,7-8,18H,5-6H2,1H3,(H,20,22)(H3,17,21,24). The van der Waals surface area contributed by atoms with Crippen molar-refractivity contribution < 1.29 is 14.3 Å². The van der Waals surface area contributed by atoms with E-state index in [0.29, 0.717) is 47.7 Å². The number of benzene rings is 1. The van der Waals surface area contributed by atoms with Gasteiger partial charge in [-0.05, 0) is 12.1 Å². The molecule has 5 N–H and O–H groups in total. The molecule has 3 heterocycles. The van der Waals surface area contributed by atoms with E-state index in [0.717, 1.165) is 5.69 Å². The second-order valence-corrected chi connectivity index (χ2v) is 5.51. The summed E-state index contributed by atoms with van der Waals surface area (Å²) in [5, 5.41) is 13.0. The largest absolute Gasteiger partial charge is 0.486 e. The second-order valence-electron chi connectivity index (χ2n) is 5.51. The molecule has 2 amide bonds. The van der Waals surface area contributed by atoms with Gasteiger partial charge in [-0.2, -0.15) is 9.61 Å². The van der Waals surface area contributed by atoms with Crippen LogP contribution in [0.25, 0.3) is 5.65 Å². The van der Waals surface area contributed by atoms with Crippen LogP contribution in [0.4, 0.5) is 27.8 Å². The first-order valence-corrected chi connectivity index (χ1v) is 7.94. The molecule has 10 heteroatoms. The number of carbonyl (C=O) groups is 1. The Morgan fingerprint density at radius 3 is 2.92 bits per heavy atom. The lowest BCUT2D eigenvalue weighted by atomic mass is 10.2. The Kier molecular flexibility index (Phi) is 3.84. The highest BCUT2D eigenvalue weighted by Crippen LogP contribution is 2.38. The zero-order chi connectivity index (χ0) is 18.1. The summed E-state index contributed by atoms with van der Waals surface area (Å²) in [4.78, 5) is 15.7. The fourth-order valence-electron chi connectivity index (χ4n) is 2.74. The topological polar surface area (TPSA) is 128 Å². The molecule has 0 aliphatic carbocycles. The number of nitrogens with one attached hydrogen (secondary N) is 3. The molecular weight excluding hydrogens is 338 g/mol. The van der Waals surface area contributed by atoms with E-state index >= 15 is 0 Å². The Morgan fingerprint density at radius 2 is 2.12 bits per heavy atom.